The molecule has 0 atom stereocenters. The van der Waals surface area contributed by atoms with E-state index in [2.05, 4.69) is 182 Å². The lowest BCUT2D eigenvalue weighted by Crippen LogP contribution is -1.91. The van der Waals surface area contributed by atoms with Crippen LogP contribution in [0.15, 0.2) is 186 Å². The van der Waals surface area contributed by atoms with Crippen LogP contribution in [0.2, 0.25) is 0 Å². The maximum absolute atomic E-state index is 6.71. The molecular weight excluding hydrogens is 673 g/mol. The molecule has 0 fully saturated rings. The van der Waals surface area contributed by atoms with Gasteiger partial charge in [0, 0.05) is 36.3 Å². The molecule has 0 N–H and O–H groups in total. The summed E-state index contributed by atoms with van der Waals surface area (Å²) in [5.41, 5.74) is 9.26. The van der Waals surface area contributed by atoms with Crippen molar-refractivity contribution in [3.8, 4) is 33.4 Å². The summed E-state index contributed by atoms with van der Waals surface area (Å²) in [4.78, 5) is 0. The molecule has 0 spiro atoms. The van der Waals surface area contributed by atoms with Crippen LogP contribution < -0.4 is 0 Å². The minimum atomic E-state index is 0.939. The zero-order valence-corrected chi connectivity index (χ0v) is 30.0. The third-order valence-corrected chi connectivity index (χ3v) is 12.6. The molecular formula is C52H30OS. The lowest BCUT2D eigenvalue weighted by Gasteiger charge is -2.18. The molecule has 0 saturated carbocycles. The molecule has 0 aliphatic carbocycles. The zero-order valence-electron chi connectivity index (χ0n) is 29.1. The summed E-state index contributed by atoms with van der Waals surface area (Å²) < 4.78 is 9.31. The van der Waals surface area contributed by atoms with Crippen LogP contribution in [0.4, 0.5) is 0 Å². The second kappa shape index (κ2) is 11.4. The highest BCUT2D eigenvalue weighted by atomic mass is 32.1. The van der Waals surface area contributed by atoms with Gasteiger partial charge < -0.3 is 4.42 Å². The zero-order chi connectivity index (χ0) is 35.3. The largest absolute Gasteiger partial charge is 0.455 e. The van der Waals surface area contributed by atoms with Crippen molar-refractivity contribution < 1.29 is 4.42 Å². The Kier molecular flexibility index (Phi) is 6.28. The van der Waals surface area contributed by atoms with Gasteiger partial charge in [-0.2, -0.15) is 0 Å². The van der Waals surface area contributed by atoms with E-state index in [1.165, 1.54) is 102 Å². The number of hydrogen-bond acceptors (Lipinski definition) is 2. The van der Waals surface area contributed by atoms with Crippen molar-refractivity contribution in [1.82, 2.24) is 0 Å². The molecule has 12 rings (SSSR count). The van der Waals surface area contributed by atoms with Crippen molar-refractivity contribution >= 4 is 96.5 Å². The maximum Gasteiger partial charge on any atom is 0.143 e. The molecule has 250 valence electrons. The smallest absolute Gasteiger partial charge is 0.143 e. The van der Waals surface area contributed by atoms with Crippen LogP contribution in [0, 0.1) is 0 Å². The molecule has 2 aromatic heterocycles. The van der Waals surface area contributed by atoms with E-state index in [1.54, 1.807) is 0 Å². The molecule has 0 bridgehead atoms. The Morgan fingerprint density at radius 2 is 0.889 bits per heavy atom. The van der Waals surface area contributed by atoms with Gasteiger partial charge in [0.2, 0.25) is 0 Å². The fourth-order valence-corrected chi connectivity index (χ4v) is 10.1. The first-order valence-electron chi connectivity index (χ1n) is 18.5. The fraction of sp³-hybridized carbons (Fsp3) is 0. The maximum atomic E-state index is 6.71. The van der Waals surface area contributed by atoms with Crippen LogP contribution >= 0.6 is 11.3 Å². The third-order valence-electron chi connectivity index (χ3n) is 11.4. The monoisotopic (exact) mass is 702 g/mol. The Labute approximate surface area is 314 Å². The molecule has 2 heterocycles. The minimum Gasteiger partial charge on any atom is -0.455 e. The number of furan rings is 1. The van der Waals surface area contributed by atoms with Crippen LogP contribution in [0.3, 0.4) is 0 Å². The Bertz CT molecular complexity index is 3430. The summed E-state index contributed by atoms with van der Waals surface area (Å²) in [7, 11) is 0. The predicted molar refractivity (Wildman–Crippen MR) is 233 cm³/mol. The highest BCUT2D eigenvalue weighted by Crippen LogP contribution is 2.46. The Balaban J connectivity index is 1.01. The summed E-state index contributed by atoms with van der Waals surface area (Å²) in [5.74, 6) is 0. The molecule has 0 radical (unpaired) electrons. The summed E-state index contributed by atoms with van der Waals surface area (Å²) in [5, 5.41) is 14.9. The van der Waals surface area contributed by atoms with E-state index in [-0.39, 0.29) is 0 Å². The van der Waals surface area contributed by atoms with Crippen LogP contribution in [0.25, 0.3) is 119 Å². The van der Waals surface area contributed by atoms with Crippen LogP contribution in [-0.2, 0) is 0 Å². The van der Waals surface area contributed by atoms with E-state index in [9.17, 15) is 0 Å². The van der Waals surface area contributed by atoms with Crippen LogP contribution in [0.1, 0.15) is 0 Å². The van der Waals surface area contributed by atoms with Gasteiger partial charge in [-0.3, -0.25) is 0 Å². The molecule has 54 heavy (non-hydrogen) atoms. The van der Waals surface area contributed by atoms with Crippen LogP contribution in [0.5, 0.6) is 0 Å². The quantitative estimate of drug-likeness (QED) is 0.167. The second-order valence-corrected chi connectivity index (χ2v) is 15.5. The predicted octanol–water partition coefficient (Wildman–Crippen LogP) is 15.6. The van der Waals surface area contributed by atoms with Gasteiger partial charge in [0.1, 0.15) is 11.2 Å². The van der Waals surface area contributed by atoms with Gasteiger partial charge in [-0.15, -0.1) is 11.3 Å². The molecule has 2 heteroatoms. The molecule has 10 aromatic carbocycles. The SMILES string of the molecule is c1ccc2cc(-c3c4ccccc4c(-c4ccc(-c5ccc6ccc7c(oc8ccc9sc%10ccccc%10c9c87)c6c5)cc4)c4ccccc34)ccc2c1. The van der Waals surface area contributed by atoms with Gasteiger partial charge in [0.15, 0.2) is 0 Å². The molecule has 0 unspecified atom stereocenters. The molecule has 0 aliphatic heterocycles. The Morgan fingerprint density at radius 1 is 0.315 bits per heavy atom. The van der Waals surface area contributed by atoms with Crippen molar-refractivity contribution in [3.63, 3.8) is 0 Å². The lowest BCUT2D eigenvalue weighted by molar-refractivity contribution is 0.673. The summed E-state index contributed by atoms with van der Waals surface area (Å²) in [6.07, 6.45) is 0. The topological polar surface area (TPSA) is 13.1 Å². The first kappa shape index (κ1) is 29.8. The van der Waals surface area contributed by atoms with E-state index in [4.69, 9.17) is 4.42 Å². The number of hydrogen-bond donors (Lipinski definition) is 0. The second-order valence-electron chi connectivity index (χ2n) is 14.4. The van der Waals surface area contributed by atoms with E-state index in [0.29, 0.717) is 0 Å². The van der Waals surface area contributed by atoms with Crippen molar-refractivity contribution in [3.05, 3.63) is 182 Å². The summed E-state index contributed by atoms with van der Waals surface area (Å²) in [6, 6.07) is 66.7. The van der Waals surface area contributed by atoms with Crippen molar-refractivity contribution in [2.24, 2.45) is 0 Å². The average Bonchev–Trinajstić information content (AvgIpc) is 3.81. The van der Waals surface area contributed by atoms with Crippen LogP contribution in [-0.4, -0.2) is 0 Å². The first-order chi connectivity index (χ1) is 26.8. The highest BCUT2D eigenvalue weighted by molar-refractivity contribution is 7.26. The third kappa shape index (κ3) is 4.32. The van der Waals surface area contributed by atoms with Gasteiger partial charge in [-0.1, -0.05) is 146 Å². The standard InChI is InChI=1S/C52H30OS/c1-2-10-35-29-37(24-19-31(35)9-1)49-40-13-5-3-11-38(40)48(39-12-4-6-14-41(39)49)34-21-17-32(18-22-34)36-23-20-33-25-26-43-50-45(53-52(43)44(33)30-36)27-28-47-51(50)42-15-7-8-16-46(42)54-47/h1-30H. The van der Waals surface area contributed by atoms with Gasteiger partial charge in [-0.25, -0.2) is 0 Å². The minimum absolute atomic E-state index is 0.939. The molecule has 0 saturated heterocycles. The molecule has 0 aliphatic rings. The Morgan fingerprint density at radius 3 is 1.65 bits per heavy atom. The van der Waals surface area contributed by atoms with Crippen molar-refractivity contribution in [2.45, 2.75) is 0 Å². The summed E-state index contributed by atoms with van der Waals surface area (Å²) >= 11 is 1.85. The fourth-order valence-electron chi connectivity index (χ4n) is 8.96. The number of fused-ring (bicyclic) bond motifs is 12. The van der Waals surface area contributed by atoms with E-state index >= 15 is 0 Å². The lowest BCUT2D eigenvalue weighted by atomic mass is 9.85. The first-order valence-corrected chi connectivity index (χ1v) is 19.3. The normalized spacial score (nSPS) is 12.1. The van der Waals surface area contributed by atoms with E-state index < -0.39 is 0 Å². The molecule has 1 nitrogen and oxygen atoms in total. The average molecular weight is 703 g/mol. The molecule has 0 amide bonds. The Hall–Kier alpha value is -6.74. The van der Waals surface area contributed by atoms with Gasteiger partial charge >= 0.3 is 0 Å². The van der Waals surface area contributed by atoms with Gasteiger partial charge in [0.25, 0.3) is 0 Å². The van der Waals surface area contributed by atoms with Gasteiger partial charge in [0.05, 0.1) is 0 Å². The van der Waals surface area contributed by atoms with E-state index in [0.717, 1.165) is 16.6 Å². The van der Waals surface area contributed by atoms with Gasteiger partial charge in [-0.05, 0) is 107 Å². The van der Waals surface area contributed by atoms with Crippen molar-refractivity contribution in [2.75, 3.05) is 0 Å². The number of benzene rings is 10. The highest BCUT2D eigenvalue weighted by Gasteiger charge is 2.19. The summed E-state index contributed by atoms with van der Waals surface area (Å²) in [6.45, 7) is 0. The van der Waals surface area contributed by atoms with E-state index in [1.807, 2.05) is 11.3 Å². The van der Waals surface area contributed by atoms with Crippen molar-refractivity contribution in [1.29, 1.82) is 0 Å². The number of thiophene rings is 1. The molecule has 12 aromatic rings. The number of rotatable bonds is 3.